The molecule has 0 radical (unpaired) electrons. The number of nitrogens with one attached hydrogen (secondary N) is 1. The van der Waals surface area contributed by atoms with E-state index in [9.17, 15) is 8.42 Å². The smallest absolute Gasteiger partial charge is 0.173 e. The van der Waals surface area contributed by atoms with E-state index in [0.29, 0.717) is 0 Å². The van der Waals surface area contributed by atoms with Crippen molar-refractivity contribution in [2.45, 2.75) is 19.9 Å². The summed E-state index contributed by atoms with van der Waals surface area (Å²) in [6, 6.07) is 5.98. The van der Waals surface area contributed by atoms with Crippen LogP contribution in [0.25, 0.3) is 0 Å². The van der Waals surface area contributed by atoms with Crippen LogP contribution in [0, 0.1) is 13.8 Å². The molecule has 0 fully saturated rings. The summed E-state index contributed by atoms with van der Waals surface area (Å²) in [6.07, 6.45) is 1.70. The van der Waals surface area contributed by atoms with E-state index in [0.717, 1.165) is 11.3 Å². The van der Waals surface area contributed by atoms with Gasteiger partial charge in [0.25, 0.3) is 0 Å². The van der Waals surface area contributed by atoms with E-state index in [-0.39, 0.29) is 11.8 Å². The van der Waals surface area contributed by atoms with Gasteiger partial charge in [-0.3, -0.25) is 0 Å². The van der Waals surface area contributed by atoms with Crippen LogP contribution in [0.1, 0.15) is 11.1 Å². The van der Waals surface area contributed by atoms with Crippen molar-refractivity contribution in [3.63, 3.8) is 0 Å². The number of sulfone groups is 1. The molecule has 2 rings (SSSR count). The van der Waals surface area contributed by atoms with Crippen molar-refractivity contribution in [2.24, 2.45) is 0 Å². The summed E-state index contributed by atoms with van der Waals surface area (Å²) in [5.41, 5.74) is 3.34. The second-order valence-electron chi connectivity index (χ2n) is 4.23. The molecule has 0 unspecified atom stereocenters. The Morgan fingerprint density at radius 1 is 1.31 bits per heavy atom. The fourth-order valence-corrected chi connectivity index (χ4v) is 3.08. The van der Waals surface area contributed by atoms with Gasteiger partial charge in [0.05, 0.1) is 11.8 Å². The van der Waals surface area contributed by atoms with Crippen LogP contribution in [0.3, 0.4) is 0 Å². The molecule has 1 aliphatic rings. The lowest BCUT2D eigenvalue weighted by molar-refractivity contribution is 0.605. The van der Waals surface area contributed by atoms with Crippen LogP contribution >= 0.6 is 0 Å². The topological polar surface area (TPSA) is 46.2 Å². The molecule has 0 bridgehead atoms. The lowest BCUT2D eigenvalue weighted by Gasteiger charge is -2.14. The zero-order valence-corrected chi connectivity index (χ0v) is 10.2. The van der Waals surface area contributed by atoms with Crippen LogP contribution in [0.5, 0.6) is 0 Å². The van der Waals surface area contributed by atoms with Gasteiger partial charge in [-0.15, -0.1) is 0 Å². The summed E-state index contributed by atoms with van der Waals surface area (Å²) in [7, 11) is -2.98. The molecular formula is C12H15NO2S. The minimum atomic E-state index is -2.98. The molecule has 16 heavy (non-hydrogen) atoms. The number of rotatable bonds is 2. The first-order valence-electron chi connectivity index (χ1n) is 5.21. The van der Waals surface area contributed by atoms with E-state index in [1.807, 2.05) is 26.0 Å². The van der Waals surface area contributed by atoms with E-state index in [1.54, 1.807) is 6.08 Å². The quantitative estimate of drug-likeness (QED) is 0.856. The predicted molar refractivity (Wildman–Crippen MR) is 66.3 cm³/mol. The van der Waals surface area contributed by atoms with Crippen LogP contribution in [-0.2, 0) is 9.84 Å². The Morgan fingerprint density at radius 2 is 2.06 bits per heavy atom. The van der Waals surface area contributed by atoms with Gasteiger partial charge in [-0.25, -0.2) is 8.42 Å². The van der Waals surface area contributed by atoms with E-state index in [4.69, 9.17) is 0 Å². The highest BCUT2D eigenvalue weighted by atomic mass is 32.2. The second kappa shape index (κ2) is 3.94. The highest BCUT2D eigenvalue weighted by molar-refractivity contribution is 7.94. The third kappa shape index (κ3) is 2.44. The second-order valence-corrected chi connectivity index (χ2v) is 6.16. The van der Waals surface area contributed by atoms with E-state index >= 15 is 0 Å². The normalized spacial score (nSPS) is 22.2. The van der Waals surface area contributed by atoms with Crippen LogP contribution in [0.15, 0.2) is 29.7 Å². The van der Waals surface area contributed by atoms with Crippen LogP contribution in [0.2, 0.25) is 0 Å². The zero-order chi connectivity index (χ0) is 11.8. The molecule has 0 amide bonds. The SMILES string of the molecule is Cc1ccc(N[C@H]2C=CS(=O)(=O)C2)c(C)c1. The number of hydrogen-bond donors (Lipinski definition) is 1. The number of benzene rings is 1. The summed E-state index contributed by atoms with van der Waals surface area (Å²) in [5.74, 6) is 0.153. The van der Waals surface area contributed by atoms with Crippen molar-refractivity contribution in [1.82, 2.24) is 0 Å². The van der Waals surface area contributed by atoms with Gasteiger partial charge in [0.1, 0.15) is 0 Å². The van der Waals surface area contributed by atoms with Gasteiger partial charge in [0.2, 0.25) is 0 Å². The Bertz CT molecular complexity index is 532. The van der Waals surface area contributed by atoms with Crippen molar-refractivity contribution >= 4 is 15.5 Å². The van der Waals surface area contributed by atoms with Gasteiger partial charge in [-0.1, -0.05) is 23.8 Å². The number of anilines is 1. The molecular weight excluding hydrogens is 222 g/mol. The fourth-order valence-electron chi connectivity index (χ4n) is 1.84. The summed E-state index contributed by atoms with van der Waals surface area (Å²) in [5, 5.41) is 4.51. The maximum atomic E-state index is 11.2. The average Bonchev–Trinajstić information content (AvgIpc) is 2.51. The molecule has 4 heteroatoms. The van der Waals surface area contributed by atoms with Crippen molar-refractivity contribution in [1.29, 1.82) is 0 Å². The largest absolute Gasteiger partial charge is 0.378 e. The summed E-state index contributed by atoms with van der Waals surface area (Å²) in [4.78, 5) is 0. The molecule has 1 N–H and O–H groups in total. The van der Waals surface area contributed by atoms with Crippen molar-refractivity contribution in [2.75, 3.05) is 11.1 Å². The number of hydrogen-bond acceptors (Lipinski definition) is 3. The van der Waals surface area contributed by atoms with Gasteiger partial charge in [0.15, 0.2) is 9.84 Å². The highest BCUT2D eigenvalue weighted by Crippen LogP contribution is 2.19. The minimum Gasteiger partial charge on any atom is -0.378 e. The number of aryl methyl sites for hydroxylation is 2. The monoisotopic (exact) mass is 237 g/mol. The van der Waals surface area contributed by atoms with E-state index in [2.05, 4.69) is 11.4 Å². The molecule has 0 aliphatic carbocycles. The van der Waals surface area contributed by atoms with Crippen LogP contribution in [0.4, 0.5) is 5.69 Å². The summed E-state index contributed by atoms with van der Waals surface area (Å²) >= 11 is 0. The first kappa shape index (κ1) is 11.2. The highest BCUT2D eigenvalue weighted by Gasteiger charge is 2.21. The average molecular weight is 237 g/mol. The summed E-state index contributed by atoms with van der Waals surface area (Å²) in [6.45, 7) is 4.05. The van der Waals surface area contributed by atoms with Crippen molar-refractivity contribution in [3.05, 3.63) is 40.8 Å². The first-order chi connectivity index (χ1) is 7.46. The Balaban J connectivity index is 2.14. The maximum absolute atomic E-state index is 11.2. The van der Waals surface area contributed by atoms with Gasteiger partial charge < -0.3 is 5.32 Å². The van der Waals surface area contributed by atoms with Gasteiger partial charge in [0, 0.05) is 11.1 Å². The van der Waals surface area contributed by atoms with Crippen molar-refractivity contribution < 1.29 is 8.42 Å². The molecule has 86 valence electrons. The molecule has 1 heterocycles. The Morgan fingerprint density at radius 3 is 2.62 bits per heavy atom. The molecule has 1 aromatic rings. The Kier molecular flexibility index (Phi) is 2.76. The molecule has 1 atom stereocenters. The Labute approximate surface area is 96.1 Å². The summed E-state index contributed by atoms with van der Waals surface area (Å²) < 4.78 is 22.5. The first-order valence-corrected chi connectivity index (χ1v) is 6.92. The van der Waals surface area contributed by atoms with Gasteiger partial charge in [-0.05, 0) is 25.5 Å². The predicted octanol–water partition coefficient (Wildman–Crippen LogP) is 2.03. The molecule has 0 spiro atoms. The standard InChI is InChI=1S/C12H15NO2S/c1-9-3-4-12(10(2)7-9)13-11-5-6-16(14,15)8-11/h3-7,11,13H,8H2,1-2H3/t11-/m0/s1. The zero-order valence-electron chi connectivity index (χ0n) is 9.40. The molecule has 0 saturated heterocycles. The van der Waals surface area contributed by atoms with E-state index in [1.165, 1.54) is 11.0 Å². The van der Waals surface area contributed by atoms with Crippen LogP contribution < -0.4 is 5.32 Å². The van der Waals surface area contributed by atoms with Crippen molar-refractivity contribution in [3.8, 4) is 0 Å². The fraction of sp³-hybridized carbons (Fsp3) is 0.333. The molecule has 0 saturated carbocycles. The minimum absolute atomic E-state index is 0.105. The lowest BCUT2D eigenvalue weighted by Crippen LogP contribution is -2.21. The third-order valence-electron chi connectivity index (χ3n) is 2.65. The maximum Gasteiger partial charge on any atom is 0.173 e. The third-order valence-corrected chi connectivity index (χ3v) is 4.05. The van der Waals surface area contributed by atoms with Gasteiger partial charge >= 0.3 is 0 Å². The molecule has 1 aromatic carbocycles. The van der Waals surface area contributed by atoms with Gasteiger partial charge in [-0.2, -0.15) is 0 Å². The Hall–Kier alpha value is -1.29. The molecule has 3 nitrogen and oxygen atoms in total. The molecule has 1 aliphatic heterocycles. The molecule has 0 aromatic heterocycles. The van der Waals surface area contributed by atoms with Crippen LogP contribution in [-0.4, -0.2) is 20.2 Å². The lowest BCUT2D eigenvalue weighted by atomic mass is 10.1. The van der Waals surface area contributed by atoms with E-state index < -0.39 is 9.84 Å².